The van der Waals surface area contributed by atoms with Crippen molar-refractivity contribution >= 4 is 22.6 Å². The highest BCUT2D eigenvalue weighted by Gasteiger charge is 2.18. The molecule has 8 nitrogen and oxygen atoms in total. The van der Waals surface area contributed by atoms with Crippen LogP contribution < -0.4 is 4.74 Å². The number of hydrogen-bond donors (Lipinski definition) is 1. The van der Waals surface area contributed by atoms with Gasteiger partial charge in [0.1, 0.15) is 10.8 Å². The molecule has 0 amide bonds. The maximum absolute atomic E-state index is 6.06. The highest BCUT2D eigenvalue weighted by Crippen LogP contribution is 2.31. The molecule has 4 aromatic heterocycles. The van der Waals surface area contributed by atoms with Crippen LogP contribution in [0.1, 0.15) is 31.0 Å². The molecule has 4 rings (SSSR count). The molecule has 4 aromatic rings. The van der Waals surface area contributed by atoms with Gasteiger partial charge in [-0.25, -0.2) is 15.0 Å². The predicted molar refractivity (Wildman–Crippen MR) is 108 cm³/mol. The van der Waals surface area contributed by atoms with Gasteiger partial charge in [-0.1, -0.05) is 25.4 Å². The molecule has 28 heavy (non-hydrogen) atoms. The first-order chi connectivity index (χ1) is 13.4. The fraction of sp³-hybridized carbons (Fsp3) is 0.316. The van der Waals surface area contributed by atoms with E-state index in [1.807, 2.05) is 20.0 Å². The lowest BCUT2D eigenvalue weighted by Crippen LogP contribution is -1.98. The van der Waals surface area contributed by atoms with E-state index in [1.54, 1.807) is 16.8 Å². The lowest BCUT2D eigenvalue weighted by atomic mass is 9.99. The molecule has 1 N–H and O–H groups in total. The van der Waals surface area contributed by atoms with E-state index >= 15 is 0 Å². The first-order valence-electron chi connectivity index (χ1n) is 8.86. The molecule has 0 saturated heterocycles. The molecular formula is C19H20ClN7O. The average molecular weight is 398 g/mol. The molecule has 0 unspecified atom stereocenters. The maximum Gasteiger partial charge on any atom is 0.215 e. The third-order valence-corrected chi connectivity index (χ3v) is 4.78. The molecule has 0 saturated carbocycles. The summed E-state index contributed by atoms with van der Waals surface area (Å²) in [5.41, 5.74) is 4.39. The summed E-state index contributed by atoms with van der Waals surface area (Å²) in [6, 6.07) is 5.48. The zero-order chi connectivity index (χ0) is 20.0. The van der Waals surface area contributed by atoms with E-state index in [4.69, 9.17) is 21.3 Å². The van der Waals surface area contributed by atoms with Gasteiger partial charge in [-0.05, 0) is 30.5 Å². The number of fused-ring (bicyclic) bond motifs is 1. The average Bonchev–Trinajstić information content (AvgIpc) is 3.26. The number of methoxy groups -OCH3 is 1. The van der Waals surface area contributed by atoms with Crippen LogP contribution in [0.5, 0.6) is 5.88 Å². The van der Waals surface area contributed by atoms with Crippen molar-refractivity contribution in [3.05, 3.63) is 34.6 Å². The Balaban J connectivity index is 1.84. The Morgan fingerprint density at radius 3 is 2.64 bits per heavy atom. The second-order valence-electron chi connectivity index (χ2n) is 6.89. The van der Waals surface area contributed by atoms with Crippen molar-refractivity contribution < 1.29 is 4.74 Å². The van der Waals surface area contributed by atoms with E-state index in [9.17, 15) is 0 Å². The third-order valence-electron chi connectivity index (χ3n) is 4.59. The van der Waals surface area contributed by atoms with Crippen LogP contribution >= 0.6 is 11.6 Å². The Morgan fingerprint density at radius 1 is 1.14 bits per heavy atom. The first-order valence-corrected chi connectivity index (χ1v) is 9.24. The summed E-state index contributed by atoms with van der Waals surface area (Å²) in [4.78, 5) is 13.5. The summed E-state index contributed by atoms with van der Waals surface area (Å²) in [6.45, 7) is 6.31. The maximum atomic E-state index is 6.06. The fourth-order valence-corrected chi connectivity index (χ4v) is 3.47. The number of ether oxygens (including phenoxy) is 1. The molecule has 0 bridgehead atoms. The number of aromatic nitrogens is 7. The Kier molecular flexibility index (Phi) is 4.50. The minimum absolute atomic E-state index is 0.313. The molecule has 0 radical (unpaired) electrons. The molecule has 0 spiro atoms. The van der Waals surface area contributed by atoms with Crippen LogP contribution in [-0.4, -0.2) is 42.0 Å². The normalized spacial score (nSPS) is 11.5. The van der Waals surface area contributed by atoms with Gasteiger partial charge >= 0.3 is 0 Å². The number of aryl methyl sites for hydroxylation is 2. The van der Waals surface area contributed by atoms with Gasteiger partial charge in [0.15, 0.2) is 17.3 Å². The molecular weight excluding hydrogens is 378 g/mol. The van der Waals surface area contributed by atoms with Crippen molar-refractivity contribution in [2.75, 3.05) is 7.11 Å². The van der Waals surface area contributed by atoms with Crippen LogP contribution in [0.25, 0.3) is 33.9 Å². The molecule has 0 aliphatic carbocycles. The zero-order valence-corrected chi connectivity index (χ0v) is 17.0. The summed E-state index contributed by atoms with van der Waals surface area (Å²) in [7, 11) is 3.43. The van der Waals surface area contributed by atoms with E-state index in [1.165, 1.54) is 12.7 Å². The number of halogens is 1. The Morgan fingerprint density at radius 2 is 1.93 bits per heavy atom. The Hall–Kier alpha value is -3.00. The highest BCUT2D eigenvalue weighted by molar-refractivity contribution is 6.29. The molecule has 144 valence electrons. The summed E-state index contributed by atoms with van der Waals surface area (Å²) >= 11 is 6.06. The van der Waals surface area contributed by atoms with Gasteiger partial charge in [0, 0.05) is 24.1 Å². The van der Waals surface area contributed by atoms with Crippen molar-refractivity contribution in [3.8, 4) is 28.8 Å². The van der Waals surface area contributed by atoms with Crippen molar-refractivity contribution in [2.45, 2.75) is 26.7 Å². The molecule has 9 heteroatoms. The lowest BCUT2D eigenvalue weighted by Gasteiger charge is -2.09. The first kappa shape index (κ1) is 18.4. The van der Waals surface area contributed by atoms with Gasteiger partial charge in [-0.15, -0.1) is 0 Å². The minimum Gasteiger partial charge on any atom is -0.481 e. The van der Waals surface area contributed by atoms with Crippen molar-refractivity contribution in [2.24, 2.45) is 7.05 Å². The number of rotatable bonds is 4. The van der Waals surface area contributed by atoms with Gasteiger partial charge in [0.25, 0.3) is 0 Å². The van der Waals surface area contributed by atoms with Gasteiger partial charge in [0.05, 0.1) is 12.8 Å². The highest BCUT2D eigenvalue weighted by atomic mass is 35.5. The molecule has 0 fully saturated rings. The molecule has 0 aliphatic rings. The van der Waals surface area contributed by atoms with Crippen molar-refractivity contribution in [1.82, 2.24) is 34.9 Å². The lowest BCUT2D eigenvalue weighted by molar-refractivity contribution is 0.398. The van der Waals surface area contributed by atoms with Gasteiger partial charge < -0.3 is 4.74 Å². The second kappa shape index (κ2) is 6.87. The van der Waals surface area contributed by atoms with E-state index in [0.717, 1.165) is 16.7 Å². The minimum atomic E-state index is 0.313. The summed E-state index contributed by atoms with van der Waals surface area (Å²) in [6.07, 6.45) is 0. The number of nitrogens with one attached hydrogen (secondary N) is 1. The van der Waals surface area contributed by atoms with E-state index in [-0.39, 0.29) is 0 Å². The van der Waals surface area contributed by atoms with Crippen LogP contribution in [0.2, 0.25) is 5.15 Å². The number of hydrogen-bond acceptors (Lipinski definition) is 6. The van der Waals surface area contributed by atoms with Gasteiger partial charge in [0.2, 0.25) is 5.88 Å². The number of nitrogens with zero attached hydrogens (tertiary/aromatic N) is 6. The van der Waals surface area contributed by atoms with Crippen molar-refractivity contribution in [1.29, 1.82) is 0 Å². The topological polar surface area (TPSA) is 94.4 Å². The SMILES string of the molecule is COc1cc(-c2n[nH]c(-c3cc(C(C)C)c4c(C)nn(C)c4n3)n2)cc(Cl)n1. The molecule has 0 aliphatic heterocycles. The van der Waals surface area contributed by atoms with Gasteiger partial charge in [-0.3, -0.25) is 9.78 Å². The fourth-order valence-electron chi connectivity index (χ4n) is 3.27. The summed E-state index contributed by atoms with van der Waals surface area (Å²) in [5, 5.41) is 13.2. The van der Waals surface area contributed by atoms with Crippen molar-refractivity contribution in [3.63, 3.8) is 0 Å². The van der Waals surface area contributed by atoms with E-state index < -0.39 is 0 Å². The van der Waals surface area contributed by atoms with Crippen LogP contribution in [-0.2, 0) is 7.05 Å². The van der Waals surface area contributed by atoms with E-state index in [0.29, 0.717) is 39.9 Å². The Labute approximate surface area is 166 Å². The van der Waals surface area contributed by atoms with Crippen LogP contribution in [0, 0.1) is 6.92 Å². The van der Waals surface area contributed by atoms with Crippen LogP contribution in [0.15, 0.2) is 18.2 Å². The van der Waals surface area contributed by atoms with Crippen LogP contribution in [0.4, 0.5) is 0 Å². The zero-order valence-electron chi connectivity index (χ0n) is 16.3. The second-order valence-corrected chi connectivity index (χ2v) is 7.27. The molecule has 0 atom stereocenters. The number of H-pyrrole nitrogens is 1. The largest absolute Gasteiger partial charge is 0.481 e. The smallest absolute Gasteiger partial charge is 0.215 e. The summed E-state index contributed by atoms with van der Waals surface area (Å²) < 4.78 is 6.97. The summed E-state index contributed by atoms with van der Waals surface area (Å²) in [5.74, 6) is 1.79. The standard InChI is InChI=1S/C19H20ClN7O/c1-9(2)12-8-13(21-19-16(12)10(3)26-27(19)4)18-23-17(24-25-18)11-6-14(20)22-15(7-11)28-5/h6-9H,1-5H3,(H,23,24,25). The molecule has 0 aromatic carbocycles. The quantitative estimate of drug-likeness (QED) is 0.524. The van der Waals surface area contributed by atoms with Crippen LogP contribution in [0.3, 0.4) is 0 Å². The number of pyridine rings is 2. The number of aromatic amines is 1. The predicted octanol–water partition coefficient (Wildman–Crippen LogP) is 3.91. The van der Waals surface area contributed by atoms with Gasteiger partial charge in [-0.2, -0.15) is 10.2 Å². The van der Waals surface area contributed by atoms with E-state index in [2.05, 4.69) is 39.1 Å². The third kappa shape index (κ3) is 3.09. The Bertz CT molecular complexity index is 1180. The molecule has 4 heterocycles. The monoisotopic (exact) mass is 397 g/mol.